The van der Waals surface area contributed by atoms with Crippen LogP contribution in [0.2, 0.25) is 18.1 Å². The molecule has 3 heterocycles. The Kier molecular flexibility index (Phi) is 18.4. The molecule has 0 unspecified atom stereocenters. The molecule has 0 spiro atoms. The lowest BCUT2D eigenvalue weighted by Gasteiger charge is -2.45. The van der Waals surface area contributed by atoms with E-state index in [1.165, 1.54) is 12.1 Å². The molecule has 5 rings (SSSR count). The Morgan fingerprint density at radius 2 is 1.77 bits per heavy atom. The lowest BCUT2D eigenvalue weighted by Crippen LogP contribution is -2.53. The summed E-state index contributed by atoms with van der Waals surface area (Å²) in [5.41, 5.74) is 1.03. The number of cyclic esters (lactones) is 1. The van der Waals surface area contributed by atoms with Crippen LogP contribution < -0.4 is 4.74 Å². The lowest BCUT2D eigenvalue weighted by atomic mass is 9.71. The van der Waals surface area contributed by atoms with Crippen molar-refractivity contribution < 1.29 is 57.1 Å². The highest BCUT2D eigenvalue weighted by Gasteiger charge is 2.50. The predicted molar refractivity (Wildman–Crippen MR) is 267 cm³/mol. The van der Waals surface area contributed by atoms with Gasteiger partial charge in [-0.05, 0) is 99.3 Å². The van der Waals surface area contributed by atoms with Gasteiger partial charge < -0.3 is 23.4 Å². The van der Waals surface area contributed by atoms with Crippen molar-refractivity contribution in [1.29, 1.82) is 0 Å². The molecule has 5 atom stereocenters. The molecular formula is C52H67N3O13SSi. The maximum absolute atomic E-state index is 15.3. The number of allylic oxidation sites excluding steroid dienone is 2. The molecule has 0 N–H and O–H groups in total. The quantitative estimate of drug-likeness (QED) is 0.0280. The molecule has 3 aromatic rings. The Morgan fingerprint density at radius 3 is 2.43 bits per heavy atom. The van der Waals surface area contributed by atoms with Crippen molar-refractivity contribution in [2.45, 2.75) is 150 Å². The second kappa shape index (κ2) is 23.4. The third-order valence-electron chi connectivity index (χ3n) is 13.5. The van der Waals surface area contributed by atoms with Crippen LogP contribution in [0.1, 0.15) is 122 Å². The van der Waals surface area contributed by atoms with Gasteiger partial charge in [-0.15, -0.1) is 17.9 Å². The van der Waals surface area contributed by atoms with E-state index < -0.39 is 85.1 Å². The van der Waals surface area contributed by atoms with Gasteiger partial charge >= 0.3 is 23.8 Å². The topological polar surface area (TPSA) is 208 Å². The minimum Gasteiger partial charge on any atom is -0.457 e. The van der Waals surface area contributed by atoms with Crippen molar-refractivity contribution in [3.8, 4) is 5.75 Å². The van der Waals surface area contributed by atoms with Crippen LogP contribution in [0.5, 0.6) is 5.75 Å². The van der Waals surface area contributed by atoms with E-state index in [-0.39, 0.29) is 60.3 Å². The summed E-state index contributed by atoms with van der Waals surface area (Å²) in [6.07, 6.45) is 4.36. The van der Waals surface area contributed by atoms with Gasteiger partial charge in [-0.3, -0.25) is 39.0 Å². The van der Waals surface area contributed by atoms with Gasteiger partial charge in [-0.2, -0.15) is 0 Å². The highest BCUT2D eigenvalue weighted by molar-refractivity contribution is 7.18. The Hall–Kier alpha value is -5.85. The number of benzene rings is 2. The third kappa shape index (κ3) is 14.1. The molecule has 1 aromatic heterocycles. The van der Waals surface area contributed by atoms with Crippen molar-refractivity contribution in [3.05, 3.63) is 99.1 Å². The number of carbonyl (C=O) groups is 6. The molecule has 70 heavy (non-hydrogen) atoms. The van der Waals surface area contributed by atoms with Crippen molar-refractivity contribution in [2.75, 3.05) is 6.54 Å². The number of carbonyl (C=O) groups excluding carboxylic acids is 6. The predicted octanol–water partition coefficient (Wildman–Crippen LogP) is 11.2. The number of nitro groups is 1. The van der Waals surface area contributed by atoms with E-state index >= 15 is 4.79 Å². The fourth-order valence-electron chi connectivity index (χ4n) is 8.30. The second-order valence-corrected chi connectivity index (χ2v) is 26.3. The smallest absolute Gasteiger partial charge is 0.457 e. The average molecular weight is 1000 g/mol. The summed E-state index contributed by atoms with van der Waals surface area (Å²) in [7, 11) is -2.65. The number of hydrogen-bond donors (Lipinski definition) is 0. The van der Waals surface area contributed by atoms with Crippen LogP contribution in [0.4, 0.5) is 10.5 Å². The van der Waals surface area contributed by atoms with E-state index in [2.05, 4.69) is 51.5 Å². The van der Waals surface area contributed by atoms with Crippen LogP contribution in [-0.2, 0) is 49.2 Å². The molecular weight excluding hydrogens is 935 g/mol. The summed E-state index contributed by atoms with van der Waals surface area (Å²) in [6, 6.07) is 9.65. The van der Waals surface area contributed by atoms with Crippen LogP contribution in [0.15, 0.2) is 72.9 Å². The standard InChI is InChI=1S/C52H67N3O13SSi/c1-12-15-37-48(67-50(61)64-31-35-20-23-41(39(28-35)55(62)63)66-46(58)18-14-27-54-44(56)25-26-45(54)57)33(3)17-13-16-32(2)19-22-40(36-21-24-42-38(29-36)53-34(4)69-42)65-47(59)30-43(52(8,9)49(37)60)68-70(10,11)51(5,6)7/h12,19-21,23-26,28-29,33,37,40,43,48H,1,13-18,22,27,30-31H2,2-11H3/b32-19-/t33-,37+,40-,43-,48-/m0/s1. The van der Waals surface area contributed by atoms with Gasteiger partial charge in [-0.25, -0.2) is 9.78 Å². The average Bonchev–Trinajstić information content (AvgIpc) is 3.82. The molecule has 0 aliphatic carbocycles. The van der Waals surface area contributed by atoms with Gasteiger partial charge in [0.25, 0.3) is 11.8 Å². The number of fused-ring (bicyclic) bond motifs is 1. The fraction of sp³-hybridized carbons (Fsp3) is 0.519. The minimum absolute atomic E-state index is 0.0267. The lowest BCUT2D eigenvalue weighted by molar-refractivity contribution is -0.385. The normalized spacial score (nSPS) is 22.6. The van der Waals surface area contributed by atoms with Crippen molar-refractivity contribution >= 4 is 71.2 Å². The first-order valence-corrected chi connectivity index (χ1v) is 27.4. The number of nitrogens with zero attached hydrogens (tertiary/aromatic N) is 3. The van der Waals surface area contributed by atoms with Crippen molar-refractivity contribution in [1.82, 2.24) is 9.88 Å². The van der Waals surface area contributed by atoms with Crippen molar-refractivity contribution in [2.24, 2.45) is 17.3 Å². The molecule has 18 heteroatoms. The minimum atomic E-state index is -2.65. The molecule has 2 aliphatic heterocycles. The number of ketones is 1. The fourth-order valence-corrected chi connectivity index (χ4v) is 10.6. The summed E-state index contributed by atoms with van der Waals surface area (Å²) in [6.45, 7) is 23.2. The van der Waals surface area contributed by atoms with E-state index in [1.807, 2.05) is 39.0 Å². The molecule has 2 aliphatic rings. The van der Waals surface area contributed by atoms with Crippen LogP contribution in [0.3, 0.4) is 0 Å². The molecule has 0 saturated carbocycles. The number of rotatable bonds is 14. The van der Waals surface area contributed by atoms with E-state index in [0.29, 0.717) is 25.7 Å². The SMILES string of the molecule is C=CC[C@H]1C(=O)C(C)(C)[C@@H](O[Si](C)(C)C(C)(C)C)CC(=O)O[C@H](c2ccc3sc(C)nc3c2)C/C=C(/C)CCC[C@H](C)[C@@H]1OC(=O)OCc1ccc(OC(=O)CCCN2C(=O)C=CC2=O)c([N+](=O)[O-])c1. The molecule has 16 nitrogen and oxygen atoms in total. The summed E-state index contributed by atoms with van der Waals surface area (Å²) >= 11 is 1.59. The first kappa shape index (κ1) is 55.1. The molecule has 0 radical (unpaired) electrons. The number of esters is 2. The number of thiazole rings is 1. The van der Waals surface area contributed by atoms with Crippen LogP contribution in [0, 0.1) is 34.3 Å². The second-order valence-electron chi connectivity index (χ2n) is 20.3. The number of aromatic nitrogens is 1. The first-order valence-electron chi connectivity index (χ1n) is 23.7. The number of amides is 2. The third-order valence-corrected chi connectivity index (χ3v) is 19.0. The van der Waals surface area contributed by atoms with E-state index in [4.69, 9.17) is 23.4 Å². The molecule has 0 fully saturated rings. The van der Waals surface area contributed by atoms with Gasteiger partial charge in [0.2, 0.25) is 5.75 Å². The Morgan fingerprint density at radius 1 is 1.07 bits per heavy atom. The summed E-state index contributed by atoms with van der Waals surface area (Å²) in [4.78, 5) is 96.6. The number of aryl methyl sites for hydroxylation is 1. The largest absolute Gasteiger partial charge is 0.508 e. The summed E-state index contributed by atoms with van der Waals surface area (Å²) in [5.74, 6) is -4.28. The van der Waals surface area contributed by atoms with Gasteiger partial charge in [0.05, 0.1) is 38.6 Å². The molecule has 0 bridgehead atoms. The summed E-state index contributed by atoms with van der Waals surface area (Å²) in [5, 5.41) is 12.7. The molecule has 2 aromatic carbocycles. The van der Waals surface area contributed by atoms with E-state index in [0.717, 1.165) is 49.5 Å². The van der Waals surface area contributed by atoms with Gasteiger partial charge in [0.15, 0.2) is 8.32 Å². The zero-order valence-corrected chi connectivity index (χ0v) is 43.8. The number of nitro benzene ring substituents is 1. The van der Waals surface area contributed by atoms with Crippen LogP contribution in [-0.4, -0.2) is 77.6 Å². The zero-order chi connectivity index (χ0) is 51.7. The zero-order valence-electron chi connectivity index (χ0n) is 42.0. The highest BCUT2D eigenvalue weighted by Crippen LogP contribution is 2.43. The Balaban J connectivity index is 1.39. The maximum Gasteiger partial charge on any atom is 0.508 e. The van der Waals surface area contributed by atoms with E-state index in [1.54, 1.807) is 31.3 Å². The number of ether oxygens (including phenoxy) is 4. The van der Waals surface area contributed by atoms with Gasteiger partial charge in [0.1, 0.15) is 24.6 Å². The van der Waals surface area contributed by atoms with Crippen molar-refractivity contribution in [3.63, 3.8) is 0 Å². The van der Waals surface area contributed by atoms with Crippen LogP contribution in [0.25, 0.3) is 10.2 Å². The summed E-state index contributed by atoms with van der Waals surface area (Å²) < 4.78 is 31.3. The van der Waals surface area contributed by atoms with E-state index in [9.17, 15) is 34.1 Å². The Bertz CT molecular complexity index is 2520. The molecule has 378 valence electrons. The highest BCUT2D eigenvalue weighted by atomic mass is 32.1. The molecule has 2 amide bonds. The first-order chi connectivity index (χ1) is 32.8. The number of hydrogen-bond acceptors (Lipinski definition) is 15. The Labute approximate surface area is 415 Å². The number of Topliss-reactive ketones (excluding diaryl/α,β-unsaturated/α-hetero) is 1. The monoisotopic (exact) mass is 1000 g/mol. The maximum atomic E-state index is 15.3. The van der Waals surface area contributed by atoms with Gasteiger partial charge in [0, 0.05) is 43.0 Å². The number of imide groups is 1. The van der Waals surface area contributed by atoms with Crippen LogP contribution >= 0.6 is 11.3 Å². The van der Waals surface area contributed by atoms with Gasteiger partial charge in [-0.1, -0.05) is 71.4 Å². The molecule has 0 saturated heterocycles.